The zero-order valence-corrected chi connectivity index (χ0v) is 12.8. The van der Waals surface area contributed by atoms with Crippen molar-refractivity contribution >= 4 is 23.5 Å². The molecule has 0 saturated heterocycles. The zero-order valence-electron chi connectivity index (χ0n) is 12.0. The normalized spacial score (nSPS) is 14.5. The molecule has 1 aliphatic heterocycles. The predicted molar refractivity (Wildman–Crippen MR) is 86.4 cm³/mol. The molecular formula is C16H16FN3OS. The van der Waals surface area contributed by atoms with E-state index < -0.39 is 0 Å². The summed E-state index contributed by atoms with van der Waals surface area (Å²) in [6, 6.07) is 8.28. The Bertz CT molecular complexity index is 711. The highest BCUT2D eigenvalue weighted by Crippen LogP contribution is 2.19. The van der Waals surface area contributed by atoms with Crippen molar-refractivity contribution in [3.8, 4) is 0 Å². The lowest BCUT2D eigenvalue weighted by molar-refractivity contribution is -0.112. The second-order valence-corrected chi connectivity index (χ2v) is 6.10. The van der Waals surface area contributed by atoms with Gasteiger partial charge in [-0.25, -0.2) is 9.07 Å². The molecule has 1 aromatic heterocycles. The van der Waals surface area contributed by atoms with Gasteiger partial charge in [-0.05, 0) is 18.2 Å². The number of hydrogen-bond acceptors (Lipinski definition) is 3. The molecule has 1 aliphatic rings. The molecule has 0 unspecified atom stereocenters. The van der Waals surface area contributed by atoms with Crippen LogP contribution in [0.3, 0.4) is 0 Å². The maximum absolute atomic E-state index is 13.7. The average molecular weight is 317 g/mol. The van der Waals surface area contributed by atoms with Crippen LogP contribution in [0.25, 0.3) is 0 Å². The van der Waals surface area contributed by atoms with Crippen LogP contribution in [0.2, 0.25) is 0 Å². The lowest BCUT2D eigenvalue weighted by Gasteiger charge is -2.13. The topological polar surface area (TPSA) is 46.9 Å². The molecule has 0 radical (unpaired) electrons. The van der Waals surface area contributed by atoms with Gasteiger partial charge in [0.1, 0.15) is 11.6 Å². The van der Waals surface area contributed by atoms with Crippen molar-refractivity contribution in [3.05, 3.63) is 59.6 Å². The molecule has 1 aromatic carbocycles. The van der Waals surface area contributed by atoms with Crippen LogP contribution >= 0.6 is 11.8 Å². The fourth-order valence-electron chi connectivity index (χ4n) is 2.27. The molecule has 2 aromatic rings. The number of aromatic nitrogens is 2. The number of anilines is 1. The molecule has 0 aliphatic carbocycles. The quantitative estimate of drug-likeness (QED) is 0.943. The summed E-state index contributed by atoms with van der Waals surface area (Å²) in [6.07, 6.45) is 4.49. The number of hydrogen-bond donors (Lipinski definition) is 1. The number of halogens is 1. The summed E-state index contributed by atoms with van der Waals surface area (Å²) in [4.78, 5) is 12.2. The van der Waals surface area contributed by atoms with Gasteiger partial charge in [0.05, 0.1) is 12.7 Å². The fraction of sp³-hybridized carbons (Fsp3) is 0.250. The minimum Gasteiger partial charge on any atom is -0.307 e. The van der Waals surface area contributed by atoms with Gasteiger partial charge in [-0.1, -0.05) is 24.3 Å². The van der Waals surface area contributed by atoms with Crippen LogP contribution in [0, 0.1) is 5.82 Å². The highest BCUT2D eigenvalue weighted by Gasteiger charge is 2.15. The average Bonchev–Trinajstić information content (AvgIpc) is 2.97. The summed E-state index contributed by atoms with van der Waals surface area (Å²) in [5.74, 6) is 1.98. The minimum atomic E-state index is -0.276. The van der Waals surface area contributed by atoms with Crippen molar-refractivity contribution in [2.24, 2.45) is 0 Å². The van der Waals surface area contributed by atoms with Crippen molar-refractivity contribution in [3.63, 3.8) is 0 Å². The molecule has 1 amide bonds. The van der Waals surface area contributed by atoms with Gasteiger partial charge in [0.2, 0.25) is 0 Å². The summed E-state index contributed by atoms with van der Waals surface area (Å²) in [5, 5.41) is 7.02. The number of rotatable bonds is 4. The first-order valence-corrected chi connectivity index (χ1v) is 8.23. The van der Waals surface area contributed by atoms with Crippen molar-refractivity contribution in [1.82, 2.24) is 9.78 Å². The number of carbonyl (C=O) groups excluding carboxylic acids is 1. The van der Waals surface area contributed by atoms with Crippen LogP contribution in [0.4, 0.5) is 10.2 Å². The molecular weight excluding hydrogens is 301 g/mol. The third-order valence-corrected chi connectivity index (χ3v) is 4.48. The van der Waals surface area contributed by atoms with Crippen LogP contribution in [0.1, 0.15) is 12.0 Å². The van der Waals surface area contributed by atoms with Crippen molar-refractivity contribution < 1.29 is 9.18 Å². The molecule has 4 nitrogen and oxygen atoms in total. The van der Waals surface area contributed by atoms with Crippen LogP contribution in [-0.2, 0) is 11.3 Å². The van der Waals surface area contributed by atoms with E-state index in [9.17, 15) is 9.18 Å². The van der Waals surface area contributed by atoms with E-state index in [1.54, 1.807) is 46.9 Å². The molecule has 0 spiro atoms. The second kappa shape index (κ2) is 6.79. The van der Waals surface area contributed by atoms with E-state index in [-0.39, 0.29) is 18.3 Å². The summed E-state index contributed by atoms with van der Waals surface area (Å²) in [7, 11) is 0. The van der Waals surface area contributed by atoms with E-state index in [1.807, 2.05) is 6.08 Å². The van der Waals surface area contributed by atoms with Gasteiger partial charge < -0.3 is 5.32 Å². The second-order valence-electron chi connectivity index (χ2n) is 4.99. The van der Waals surface area contributed by atoms with Gasteiger partial charge in [-0.2, -0.15) is 16.9 Å². The van der Waals surface area contributed by atoms with Gasteiger partial charge in [-0.15, -0.1) is 0 Å². The Morgan fingerprint density at radius 2 is 2.23 bits per heavy atom. The molecule has 0 atom stereocenters. The minimum absolute atomic E-state index is 0.109. The van der Waals surface area contributed by atoms with E-state index in [2.05, 4.69) is 10.4 Å². The van der Waals surface area contributed by atoms with Gasteiger partial charge in [-0.3, -0.25) is 4.79 Å². The van der Waals surface area contributed by atoms with Gasteiger partial charge in [0, 0.05) is 23.0 Å². The Balaban J connectivity index is 1.73. The lowest BCUT2D eigenvalue weighted by atomic mass is 10.2. The van der Waals surface area contributed by atoms with E-state index >= 15 is 0 Å². The van der Waals surface area contributed by atoms with Crippen LogP contribution in [-0.4, -0.2) is 27.2 Å². The molecule has 22 heavy (non-hydrogen) atoms. The van der Waals surface area contributed by atoms with Gasteiger partial charge >= 0.3 is 0 Å². The number of benzene rings is 1. The van der Waals surface area contributed by atoms with Crippen LogP contribution in [0.15, 0.2) is 48.2 Å². The first-order chi connectivity index (χ1) is 10.7. The van der Waals surface area contributed by atoms with E-state index in [0.29, 0.717) is 11.4 Å². The maximum Gasteiger partial charge on any atom is 0.253 e. The predicted octanol–water partition coefficient (Wildman–Crippen LogP) is 3.07. The van der Waals surface area contributed by atoms with Crippen molar-refractivity contribution in [2.75, 3.05) is 16.8 Å². The molecule has 0 saturated carbocycles. The molecule has 114 valence electrons. The lowest BCUT2D eigenvalue weighted by Crippen LogP contribution is -2.20. The maximum atomic E-state index is 13.7. The number of allylic oxidation sites excluding steroid dienone is 1. The van der Waals surface area contributed by atoms with Crippen LogP contribution in [0.5, 0.6) is 0 Å². The van der Waals surface area contributed by atoms with Crippen molar-refractivity contribution in [1.29, 1.82) is 0 Å². The SMILES string of the molecule is O=C(Nc1ccnn1Cc1ccccc1F)C1=CCCSC1. The highest BCUT2D eigenvalue weighted by atomic mass is 32.2. The number of nitrogens with zero attached hydrogens (tertiary/aromatic N) is 2. The monoisotopic (exact) mass is 317 g/mol. The Morgan fingerprint density at radius 3 is 3.00 bits per heavy atom. The first kappa shape index (κ1) is 14.8. The number of carbonyl (C=O) groups is 1. The largest absolute Gasteiger partial charge is 0.307 e. The molecule has 3 rings (SSSR count). The third-order valence-electron chi connectivity index (χ3n) is 3.44. The Morgan fingerprint density at radius 1 is 1.36 bits per heavy atom. The highest BCUT2D eigenvalue weighted by molar-refractivity contribution is 7.99. The molecule has 6 heteroatoms. The Labute approximate surface area is 132 Å². The van der Waals surface area contributed by atoms with E-state index in [4.69, 9.17) is 0 Å². The summed E-state index contributed by atoms with van der Waals surface area (Å²) in [6.45, 7) is 0.281. The smallest absolute Gasteiger partial charge is 0.253 e. The molecule has 0 bridgehead atoms. The fourth-order valence-corrected chi connectivity index (χ4v) is 3.16. The molecule has 2 heterocycles. The first-order valence-electron chi connectivity index (χ1n) is 7.07. The number of amides is 1. The molecule has 1 N–H and O–H groups in total. The van der Waals surface area contributed by atoms with Crippen molar-refractivity contribution in [2.45, 2.75) is 13.0 Å². The summed E-state index contributed by atoms with van der Waals surface area (Å²) < 4.78 is 15.3. The van der Waals surface area contributed by atoms with E-state index in [0.717, 1.165) is 23.5 Å². The summed E-state index contributed by atoms with van der Waals surface area (Å²) >= 11 is 1.75. The van der Waals surface area contributed by atoms with Gasteiger partial charge in [0.15, 0.2) is 0 Å². The summed E-state index contributed by atoms with van der Waals surface area (Å²) in [5.41, 5.74) is 1.32. The standard InChI is InChI=1S/C16H16FN3OS/c17-14-6-2-1-4-12(14)10-20-15(7-8-18-20)19-16(21)13-5-3-9-22-11-13/h1-2,4-8H,3,9-11H2,(H,19,21). The number of thioether (sulfide) groups is 1. The third kappa shape index (κ3) is 3.39. The number of nitrogens with one attached hydrogen (secondary N) is 1. The molecule has 0 fully saturated rings. The van der Waals surface area contributed by atoms with Crippen LogP contribution < -0.4 is 5.32 Å². The Kier molecular flexibility index (Phi) is 4.58. The van der Waals surface area contributed by atoms with E-state index in [1.165, 1.54) is 6.07 Å². The Hall–Kier alpha value is -2.08. The van der Waals surface area contributed by atoms with Gasteiger partial charge in [0.25, 0.3) is 5.91 Å². The zero-order chi connectivity index (χ0) is 15.4.